The van der Waals surface area contributed by atoms with Crippen molar-refractivity contribution >= 4 is 21.7 Å². The van der Waals surface area contributed by atoms with Crippen LogP contribution in [0.3, 0.4) is 0 Å². The molecule has 108 valence electrons. The summed E-state index contributed by atoms with van der Waals surface area (Å²) in [5, 5.41) is 0. The van der Waals surface area contributed by atoms with Crippen LogP contribution in [-0.2, 0) is 0 Å². The third-order valence-electron chi connectivity index (χ3n) is 4.83. The molecule has 1 aromatic carbocycles. The van der Waals surface area contributed by atoms with Crippen LogP contribution in [-0.4, -0.2) is 20.0 Å². The standard InChI is InChI=1S/C16H19BrO3/c1-19-13-6-5-11(16(20-2)14(13)17)15(18)12-8-9-3-4-10(12)7-9/h5-6,9-10,12H,3-4,7-8H2,1-2H3. The van der Waals surface area contributed by atoms with Crippen molar-refractivity contribution in [2.75, 3.05) is 14.2 Å². The highest BCUT2D eigenvalue weighted by molar-refractivity contribution is 9.10. The van der Waals surface area contributed by atoms with Crippen LogP contribution in [0.2, 0.25) is 0 Å². The average Bonchev–Trinajstić information content (AvgIpc) is 3.08. The third kappa shape index (κ3) is 2.14. The van der Waals surface area contributed by atoms with Crippen LogP contribution in [0.4, 0.5) is 0 Å². The van der Waals surface area contributed by atoms with Gasteiger partial charge < -0.3 is 9.47 Å². The number of ether oxygens (including phenoxy) is 2. The summed E-state index contributed by atoms with van der Waals surface area (Å²) in [5.74, 6) is 3.04. The number of hydrogen-bond acceptors (Lipinski definition) is 3. The van der Waals surface area contributed by atoms with Gasteiger partial charge in [-0.25, -0.2) is 0 Å². The number of carbonyl (C=O) groups is 1. The molecule has 0 spiro atoms. The first-order chi connectivity index (χ1) is 9.65. The second-order valence-corrected chi connectivity index (χ2v) is 6.60. The smallest absolute Gasteiger partial charge is 0.169 e. The Balaban J connectivity index is 1.93. The van der Waals surface area contributed by atoms with E-state index >= 15 is 0 Å². The maximum Gasteiger partial charge on any atom is 0.169 e. The van der Waals surface area contributed by atoms with Gasteiger partial charge in [0.2, 0.25) is 0 Å². The molecular formula is C16H19BrO3. The fourth-order valence-electron chi connectivity index (χ4n) is 3.85. The van der Waals surface area contributed by atoms with Gasteiger partial charge in [-0.3, -0.25) is 4.79 Å². The molecule has 3 atom stereocenters. The van der Waals surface area contributed by atoms with E-state index in [0.717, 1.165) is 16.8 Å². The summed E-state index contributed by atoms with van der Waals surface area (Å²) in [6.07, 6.45) is 4.80. The lowest BCUT2D eigenvalue weighted by Crippen LogP contribution is -2.21. The van der Waals surface area contributed by atoms with E-state index in [1.807, 2.05) is 12.1 Å². The summed E-state index contributed by atoms with van der Waals surface area (Å²) >= 11 is 3.47. The lowest BCUT2D eigenvalue weighted by Gasteiger charge is -2.22. The van der Waals surface area contributed by atoms with Crippen molar-refractivity contribution in [3.63, 3.8) is 0 Å². The summed E-state index contributed by atoms with van der Waals surface area (Å²) in [6.45, 7) is 0. The maximum absolute atomic E-state index is 12.8. The number of halogens is 1. The van der Waals surface area contributed by atoms with Crippen LogP contribution in [0.25, 0.3) is 0 Å². The molecule has 3 rings (SSSR count). The van der Waals surface area contributed by atoms with Crippen molar-refractivity contribution in [1.29, 1.82) is 0 Å². The van der Waals surface area contributed by atoms with Gasteiger partial charge in [0, 0.05) is 5.92 Å². The SMILES string of the molecule is COc1ccc(C(=O)C2CC3CCC2C3)c(OC)c1Br. The first-order valence-electron chi connectivity index (χ1n) is 7.10. The molecule has 3 nitrogen and oxygen atoms in total. The molecule has 4 heteroatoms. The van der Waals surface area contributed by atoms with Crippen LogP contribution in [0, 0.1) is 17.8 Å². The molecular weight excluding hydrogens is 320 g/mol. The predicted molar refractivity (Wildman–Crippen MR) is 80.5 cm³/mol. The third-order valence-corrected chi connectivity index (χ3v) is 5.58. The average molecular weight is 339 g/mol. The Bertz CT molecular complexity index is 541. The number of fused-ring (bicyclic) bond motifs is 2. The number of carbonyl (C=O) groups excluding carboxylic acids is 1. The van der Waals surface area contributed by atoms with Gasteiger partial charge in [-0.05, 0) is 59.2 Å². The van der Waals surface area contributed by atoms with E-state index in [9.17, 15) is 4.79 Å². The molecule has 0 aromatic heterocycles. The summed E-state index contributed by atoms with van der Waals surface area (Å²) in [7, 11) is 3.20. The quantitative estimate of drug-likeness (QED) is 0.776. The molecule has 3 unspecified atom stereocenters. The van der Waals surface area contributed by atoms with Gasteiger partial charge in [-0.2, -0.15) is 0 Å². The minimum Gasteiger partial charge on any atom is -0.495 e. The molecule has 2 saturated carbocycles. The van der Waals surface area contributed by atoms with E-state index in [4.69, 9.17) is 9.47 Å². The topological polar surface area (TPSA) is 35.5 Å². The van der Waals surface area contributed by atoms with Crippen LogP contribution in [0.15, 0.2) is 16.6 Å². The number of methoxy groups -OCH3 is 2. The zero-order chi connectivity index (χ0) is 14.3. The molecule has 1 aromatic rings. The van der Waals surface area contributed by atoms with Gasteiger partial charge in [0.25, 0.3) is 0 Å². The number of hydrogen-bond donors (Lipinski definition) is 0. The van der Waals surface area contributed by atoms with Gasteiger partial charge in [-0.15, -0.1) is 0 Å². The molecule has 2 aliphatic carbocycles. The molecule has 0 N–H and O–H groups in total. The highest BCUT2D eigenvalue weighted by Gasteiger charge is 2.43. The van der Waals surface area contributed by atoms with E-state index in [1.165, 1.54) is 19.3 Å². The van der Waals surface area contributed by atoms with Gasteiger partial charge in [0.05, 0.1) is 19.8 Å². The molecule has 20 heavy (non-hydrogen) atoms. The lowest BCUT2D eigenvalue weighted by molar-refractivity contribution is 0.0871. The predicted octanol–water partition coefficient (Wildman–Crippen LogP) is 4.09. The fourth-order valence-corrected chi connectivity index (χ4v) is 4.52. The Morgan fingerprint density at radius 3 is 2.55 bits per heavy atom. The fraction of sp³-hybridized carbons (Fsp3) is 0.562. The van der Waals surface area contributed by atoms with E-state index in [1.54, 1.807) is 14.2 Å². The van der Waals surface area contributed by atoms with E-state index < -0.39 is 0 Å². The second-order valence-electron chi connectivity index (χ2n) is 5.81. The van der Waals surface area contributed by atoms with Crippen LogP contribution in [0.1, 0.15) is 36.0 Å². The van der Waals surface area contributed by atoms with Gasteiger partial charge in [0.1, 0.15) is 16.0 Å². The Hall–Kier alpha value is -1.03. The molecule has 0 heterocycles. The van der Waals surface area contributed by atoms with E-state index in [2.05, 4.69) is 15.9 Å². The van der Waals surface area contributed by atoms with E-state index in [0.29, 0.717) is 23.0 Å². The monoisotopic (exact) mass is 338 g/mol. The second kappa shape index (κ2) is 5.40. The Labute approximate surface area is 127 Å². The van der Waals surface area contributed by atoms with Crippen molar-refractivity contribution in [2.45, 2.75) is 25.7 Å². The molecule has 0 aliphatic heterocycles. The minimum absolute atomic E-state index is 0.183. The summed E-state index contributed by atoms with van der Waals surface area (Å²) in [6, 6.07) is 3.66. The van der Waals surface area contributed by atoms with Crippen LogP contribution in [0.5, 0.6) is 11.5 Å². The first kappa shape index (κ1) is 13.9. The highest BCUT2D eigenvalue weighted by atomic mass is 79.9. The largest absolute Gasteiger partial charge is 0.495 e. The van der Waals surface area contributed by atoms with Crippen molar-refractivity contribution in [3.05, 3.63) is 22.2 Å². The van der Waals surface area contributed by atoms with E-state index in [-0.39, 0.29) is 11.7 Å². The van der Waals surface area contributed by atoms with Crippen LogP contribution >= 0.6 is 15.9 Å². The number of ketones is 1. The zero-order valence-corrected chi connectivity index (χ0v) is 13.4. The summed E-state index contributed by atoms with van der Waals surface area (Å²) in [5.41, 5.74) is 0.678. The Kier molecular flexibility index (Phi) is 3.76. The zero-order valence-electron chi connectivity index (χ0n) is 11.8. The maximum atomic E-state index is 12.8. The molecule has 0 amide bonds. The molecule has 2 bridgehead atoms. The normalized spacial score (nSPS) is 27.6. The summed E-state index contributed by atoms with van der Waals surface area (Å²) < 4.78 is 11.4. The number of benzene rings is 1. The summed E-state index contributed by atoms with van der Waals surface area (Å²) in [4.78, 5) is 12.8. The molecule has 0 radical (unpaired) electrons. The number of Topliss-reactive ketones (excluding diaryl/α,β-unsaturated/α-hetero) is 1. The number of rotatable bonds is 4. The molecule has 2 aliphatic rings. The van der Waals surface area contributed by atoms with Crippen LogP contribution < -0.4 is 9.47 Å². The van der Waals surface area contributed by atoms with Gasteiger partial charge in [-0.1, -0.05) is 6.42 Å². The lowest BCUT2D eigenvalue weighted by atomic mass is 9.83. The van der Waals surface area contributed by atoms with Crippen molar-refractivity contribution in [2.24, 2.45) is 17.8 Å². The van der Waals surface area contributed by atoms with Crippen molar-refractivity contribution in [1.82, 2.24) is 0 Å². The van der Waals surface area contributed by atoms with Crippen molar-refractivity contribution < 1.29 is 14.3 Å². The Morgan fingerprint density at radius 1 is 1.20 bits per heavy atom. The highest BCUT2D eigenvalue weighted by Crippen LogP contribution is 2.50. The minimum atomic E-state index is 0.183. The van der Waals surface area contributed by atoms with Crippen molar-refractivity contribution in [3.8, 4) is 11.5 Å². The van der Waals surface area contributed by atoms with Gasteiger partial charge >= 0.3 is 0 Å². The molecule has 0 saturated heterocycles. The van der Waals surface area contributed by atoms with Gasteiger partial charge in [0.15, 0.2) is 5.78 Å². The molecule has 2 fully saturated rings. The Morgan fingerprint density at radius 2 is 2.00 bits per heavy atom. The first-order valence-corrected chi connectivity index (χ1v) is 7.89.